The van der Waals surface area contributed by atoms with Gasteiger partial charge in [0.15, 0.2) is 0 Å². The van der Waals surface area contributed by atoms with E-state index >= 15 is 0 Å². The van der Waals surface area contributed by atoms with Crippen molar-refractivity contribution in [1.29, 1.82) is 0 Å². The Morgan fingerprint density at radius 1 is 1.38 bits per heavy atom. The third-order valence-electron chi connectivity index (χ3n) is 3.06. The number of nitrogens with zero attached hydrogens (tertiary/aromatic N) is 2. The van der Waals surface area contributed by atoms with E-state index in [-0.39, 0.29) is 24.8 Å². The number of pyridine rings is 1. The normalized spacial score (nSPS) is 15.9. The van der Waals surface area contributed by atoms with Gasteiger partial charge in [0.25, 0.3) is 0 Å². The van der Waals surface area contributed by atoms with E-state index in [2.05, 4.69) is 35.4 Å². The maximum atomic E-state index is 4.07. The molecule has 0 saturated heterocycles. The van der Waals surface area contributed by atoms with Gasteiger partial charge in [0.1, 0.15) is 0 Å². The molecule has 0 amide bonds. The average molecular weight is 264 g/mol. The molecule has 0 bridgehead atoms. The van der Waals surface area contributed by atoms with Crippen LogP contribution < -0.4 is 5.32 Å². The third kappa shape index (κ3) is 3.51. The first-order chi connectivity index (χ1) is 6.73. The number of rotatable bonds is 4. The Morgan fingerprint density at radius 3 is 2.50 bits per heavy atom. The standard InChI is InChI=1S/C11H17N3.2ClH/c1-14(2)11(5-6-11)9-13-10-4-3-7-12-8-10;;/h3-4,7-8,13H,5-6,9H2,1-2H3;2*1H. The monoisotopic (exact) mass is 263 g/mol. The highest BCUT2D eigenvalue weighted by Gasteiger charge is 2.44. The molecule has 16 heavy (non-hydrogen) atoms. The number of likely N-dealkylation sites (N-methyl/N-ethyl adjacent to an activating group) is 1. The molecule has 0 aliphatic heterocycles. The van der Waals surface area contributed by atoms with Crippen LogP contribution in [0.4, 0.5) is 5.69 Å². The van der Waals surface area contributed by atoms with Crippen molar-refractivity contribution in [3.8, 4) is 0 Å². The van der Waals surface area contributed by atoms with Gasteiger partial charge in [-0.2, -0.15) is 0 Å². The van der Waals surface area contributed by atoms with Crippen molar-refractivity contribution in [3.05, 3.63) is 24.5 Å². The lowest BCUT2D eigenvalue weighted by molar-refractivity contribution is 0.284. The van der Waals surface area contributed by atoms with Crippen molar-refractivity contribution in [1.82, 2.24) is 9.88 Å². The summed E-state index contributed by atoms with van der Waals surface area (Å²) in [5, 5.41) is 3.42. The highest BCUT2D eigenvalue weighted by molar-refractivity contribution is 5.85. The summed E-state index contributed by atoms with van der Waals surface area (Å²) in [7, 11) is 4.30. The van der Waals surface area contributed by atoms with Crippen molar-refractivity contribution >= 4 is 30.5 Å². The number of hydrogen-bond acceptors (Lipinski definition) is 3. The van der Waals surface area contributed by atoms with Gasteiger partial charge in [0.2, 0.25) is 0 Å². The average Bonchev–Trinajstić information content (AvgIpc) is 2.97. The third-order valence-corrected chi connectivity index (χ3v) is 3.06. The van der Waals surface area contributed by atoms with Crippen LogP contribution in [0.25, 0.3) is 0 Å². The van der Waals surface area contributed by atoms with E-state index in [1.165, 1.54) is 12.8 Å². The fourth-order valence-electron chi connectivity index (χ4n) is 1.66. The smallest absolute Gasteiger partial charge is 0.0527 e. The van der Waals surface area contributed by atoms with Crippen molar-refractivity contribution in [2.24, 2.45) is 0 Å². The molecule has 1 N–H and O–H groups in total. The van der Waals surface area contributed by atoms with E-state index in [1.807, 2.05) is 12.3 Å². The van der Waals surface area contributed by atoms with Crippen LogP contribution in [0, 0.1) is 0 Å². The fourth-order valence-corrected chi connectivity index (χ4v) is 1.66. The van der Waals surface area contributed by atoms with Crippen LogP contribution >= 0.6 is 24.8 Å². The highest BCUT2D eigenvalue weighted by atomic mass is 35.5. The Kier molecular flexibility index (Phi) is 6.08. The topological polar surface area (TPSA) is 28.2 Å². The van der Waals surface area contributed by atoms with Gasteiger partial charge < -0.3 is 10.2 Å². The Hall–Kier alpha value is -0.510. The zero-order valence-electron chi connectivity index (χ0n) is 9.64. The molecule has 0 atom stereocenters. The lowest BCUT2D eigenvalue weighted by atomic mass is 10.2. The van der Waals surface area contributed by atoms with E-state index in [9.17, 15) is 0 Å². The quantitative estimate of drug-likeness (QED) is 0.905. The van der Waals surface area contributed by atoms with Crippen LogP contribution in [-0.4, -0.2) is 36.1 Å². The summed E-state index contributed by atoms with van der Waals surface area (Å²) in [6.45, 7) is 1.02. The van der Waals surface area contributed by atoms with Gasteiger partial charge in [-0.3, -0.25) is 4.98 Å². The van der Waals surface area contributed by atoms with Crippen molar-refractivity contribution in [2.45, 2.75) is 18.4 Å². The predicted octanol–water partition coefficient (Wildman–Crippen LogP) is 2.43. The van der Waals surface area contributed by atoms with Gasteiger partial charge >= 0.3 is 0 Å². The Balaban J connectivity index is 0.00000112. The zero-order valence-corrected chi connectivity index (χ0v) is 11.3. The summed E-state index contributed by atoms with van der Waals surface area (Å²) in [5.41, 5.74) is 1.51. The fraction of sp³-hybridized carbons (Fsp3) is 0.545. The van der Waals surface area contributed by atoms with Crippen molar-refractivity contribution in [2.75, 3.05) is 26.0 Å². The number of halogens is 2. The second-order valence-electron chi connectivity index (χ2n) is 4.21. The van der Waals surface area contributed by atoms with Gasteiger partial charge in [-0.05, 0) is 39.1 Å². The van der Waals surface area contributed by atoms with Crippen molar-refractivity contribution < 1.29 is 0 Å². The van der Waals surface area contributed by atoms with Gasteiger partial charge in [0.05, 0.1) is 5.69 Å². The summed E-state index contributed by atoms with van der Waals surface area (Å²) in [6, 6.07) is 4.01. The largest absolute Gasteiger partial charge is 0.382 e. The molecule has 2 rings (SSSR count). The highest BCUT2D eigenvalue weighted by Crippen LogP contribution is 2.39. The van der Waals surface area contributed by atoms with Crippen LogP contribution in [0.3, 0.4) is 0 Å². The maximum absolute atomic E-state index is 4.07. The van der Waals surface area contributed by atoms with Gasteiger partial charge in [-0.25, -0.2) is 0 Å². The first-order valence-electron chi connectivity index (χ1n) is 5.04. The Labute approximate surface area is 109 Å². The molecule has 1 aliphatic rings. The Bertz CT molecular complexity index is 299. The van der Waals surface area contributed by atoms with Crippen LogP contribution in [0.5, 0.6) is 0 Å². The molecule has 1 aromatic heterocycles. The molecule has 5 heteroatoms. The van der Waals surface area contributed by atoms with E-state index in [0.29, 0.717) is 5.54 Å². The molecular formula is C11H19Cl2N3. The first kappa shape index (κ1) is 15.5. The molecule has 1 fully saturated rings. The number of aromatic nitrogens is 1. The van der Waals surface area contributed by atoms with Crippen molar-refractivity contribution in [3.63, 3.8) is 0 Å². The van der Waals surface area contributed by atoms with Crippen LogP contribution in [0.2, 0.25) is 0 Å². The van der Waals surface area contributed by atoms with Crippen LogP contribution in [0.1, 0.15) is 12.8 Å². The molecular weight excluding hydrogens is 245 g/mol. The van der Waals surface area contributed by atoms with Crippen LogP contribution in [0.15, 0.2) is 24.5 Å². The van der Waals surface area contributed by atoms with E-state index in [1.54, 1.807) is 6.20 Å². The minimum atomic E-state index is 0. The molecule has 0 radical (unpaired) electrons. The van der Waals surface area contributed by atoms with Gasteiger partial charge in [-0.1, -0.05) is 0 Å². The summed E-state index contributed by atoms with van der Waals surface area (Å²) in [6.07, 6.45) is 6.26. The number of anilines is 1. The minimum absolute atomic E-state index is 0. The van der Waals surface area contributed by atoms with Crippen LogP contribution in [-0.2, 0) is 0 Å². The Morgan fingerprint density at radius 2 is 2.06 bits per heavy atom. The molecule has 1 heterocycles. The lowest BCUT2D eigenvalue weighted by Crippen LogP contribution is -2.36. The molecule has 1 saturated carbocycles. The molecule has 0 unspecified atom stereocenters. The summed E-state index contributed by atoms with van der Waals surface area (Å²) in [4.78, 5) is 6.39. The maximum Gasteiger partial charge on any atom is 0.0527 e. The second-order valence-corrected chi connectivity index (χ2v) is 4.21. The summed E-state index contributed by atoms with van der Waals surface area (Å²) < 4.78 is 0. The number of nitrogens with one attached hydrogen (secondary N) is 1. The second kappa shape index (κ2) is 6.28. The summed E-state index contributed by atoms with van der Waals surface area (Å²) in [5.74, 6) is 0. The molecule has 1 aromatic rings. The predicted molar refractivity (Wildman–Crippen MR) is 72.9 cm³/mol. The molecule has 0 aromatic carbocycles. The van der Waals surface area contributed by atoms with Gasteiger partial charge in [-0.15, -0.1) is 24.8 Å². The van der Waals surface area contributed by atoms with E-state index in [4.69, 9.17) is 0 Å². The van der Waals surface area contributed by atoms with Gasteiger partial charge in [0, 0.05) is 24.5 Å². The zero-order chi connectivity index (χ0) is 10.0. The lowest BCUT2D eigenvalue weighted by Gasteiger charge is -2.24. The molecule has 1 aliphatic carbocycles. The van der Waals surface area contributed by atoms with E-state index < -0.39 is 0 Å². The molecule has 3 nitrogen and oxygen atoms in total. The van der Waals surface area contributed by atoms with E-state index in [0.717, 1.165) is 12.2 Å². The minimum Gasteiger partial charge on any atom is -0.382 e. The summed E-state index contributed by atoms with van der Waals surface area (Å²) >= 11 is 0. The SMILES string of the molecule is CN(C)C1(CNc2cccnc2)CC1.Cl.Cl. The molecule has 92 valence electrons. The first-order valence-corrected chi connectivity index (χ1v) is 5.04. The number of hydrogen-bond donors (Lipinski definition) is 1. The molecule has 0 spiro atoms.